The van der Waals surface area contributed by atoms with Crippen LogP contribution in [0.3, 0.4) is 0 Å². The lowest BCUT2D eigenvalue weighted by atomic mass is 9.88. The van der Waals surface area contributed by atoms with Crippen molar-refractivity contribution in [2.75, 3.05) is 19.8 Å². The van der Waals surface area contributed by atoms with Gasteiger partial charge in [-0.05, 0) is 25.7 Å². The molecule has 0 spiro atoms. The van der Waals surface area contributed by atoms with Crippen molar-refractivity contribution in [3.8, 4) is 0 Å². The molecule has 19 heavy (non-hydrogen) atoms. The van der Waals surface area contributed by atoms with Gasteiger partial charge in [0.25, 0.3) is 0 Å². The van der Waals surface area contributed by atoms with Crippen LogP contribution in [0.25, 0.3) is 0 Å². The van der Waals surface area contributed by atoms with Gasteiger partial charge in [-0.25, -0.2) is 0 Å². The molecule has 3 aliphatic rings. The molecule has 3 fully saturated rings. The lowest BCUT2D eigenvalue weighted by molar-refractivity contribution is -0.135. The molecule has 1 heterocycles. The van der Waals surface area contributed by atoms with Crippen molar-refractivity contribution >= 4 is 5.91 Å². The van der Waals surface area contributed by atoms with Crippen LogP contribution in [0.1, 0.15) is 38.5 Å². The van der Waals surface area contributed by atoms with Crippen LogP contribution < -0.4 is 11.1 Å². The van der Waals surface area contributed by atoms with E-state index in [2.05, 4.69) is 10.2 Å². The van der Waals surface area contributed by atoms with Gasteiger partial charge in [-0.15, -0.1) is 0 Å². The highest BCUT2D eigenvalue weighted by molar-refractivity contribution is 5.82. The van der Waals surface area contributed by atoms with E-state index in [4.69, 9.17) is 10.5 Å². The third-order valence-electron chi connectivity index (χ3n) is 4.60. The Balaban J connectivity index is 1.66. The van der Waals surface area contributed by atoms with Crippen LogP contribution in [0.2, 0.25) is 0 Å². The van der Waals surface area contributed by atoms with Crippen molar-refractivity contribution in [1.82, 2.24) is 10.2 Å². The predicted octanol–water partition coefficient (Wildman–Crippen LogP) is 0.236. The van der Waals surface area contributed by atoms with E-state index in [9.17, 15) is 4.79 Å². The van der Waals surface area contributed by atoms with Crippen molar-refractivity contribution in [3.63, 3.8) is 0 Å². The van der Waals surface area contributed by atoms with Crippen molar-refractivity contribution < 1.29 is 9.53 Å². The summed E-state index contributed by atoms with van der Waals surface area (Å²) in [6.07, 6.45) is 6.91. The molecule has 5 heteroatoms. The molecule has 0 aromatic carbocycles. The van der Waals surface area contributed by atoms with Crippen molar-refractivity contribution in [1.29, 1.82) is 0 Å². The van der Waals surface area contributed by atoms with Gasteiger partial charge < -0.3 is 15.8 Å². The zero-order valence-corrected chi connectivity index (χ0v) is 11.5. The normalized spacial score (nSPS) is 37.0. The molecular formula is C14H25N3O2. The SMILES string of the molecule is NC1CCCCC1N1CCOCC1C(=O)NC1CC1. The summed E-state index contributed by atoms with van der Waals surface area (Å²) in [5.41, 5.74) is 6.27. The molecule has 3 atom stereocenters. The molecule has 0 aromatic heterocycles. The van der Waals surface area contributed by atoms with E-state index in [1.807, 2.05) is 0 Å². The predicted molar refractivity (Wildman–Crippen MR) is 72.7 cm³/mol. The second-order valence-corrected chi connectivity index (χ2v) is 6.13. The summed E-state index contributed by atoms with van der Waals surface area (Å²) in [6.45, 7) is 2.07. The van der Waals surface area contributed by atoms with Gasteiger partial charge in [-0.3, -0.25) is 9.69 Å². The zero-order valence-electron chi connectivity index (χ0n) is 11.5. The highest BCUT2D eigenvalue weighted by Crippen LogP contribution is 2.26. The molecule has 108 valence electrons. The minimum absolute atomic E-state index is 0.136. The number of hydrogen-bond donors (Lipinski definition) is 2. The Hall–Kier alpha value is -0.650. The number of amides is 1. The van der Waals surface area contributed by atoms with Crippen LogP contribution in [0.15, 0.2) is 0 Å². The molecule has 2 saturated carbocycles. The first-order chi connectivity index (χ1) is 9.25. The summed E-state index contributed by atoms with van der Waals surface area (Å²) in [4.78, 5) is 14.6. The smallest absolute Gasteiger partial charge is 0.239 e. The average Bonchev–Trinajstić information content (AvgIpc) is 3.23. The summed E-state index contributed by atoms with van der Waals surface area (Å²) < 4.78 is 5.52. The third kappa shape index (κ3) is 3.09. The fourth-order valence-electron chi connectivity index (χ4n) is 3.32. The maximum atomic E-state index is 12.3. The highest BCUT2D eigenvalue weighted by Gasteiger charge is 2.38. The second kappa shape index (κ2) is 5.77. The van der Waals surface area contributed by atoms with Crippen LogP contribution in [-0.2, 0) is 9.53 Å². The fraction of sp³-hybridized carbons (Fsp3) is 0.929. The minimum atomic E-state index is -0.136. The van der Waals surface area contributed by atoms with E-state index in [-0.39, 0.29) is 18.0 Å². The van der Waals surface area contributed by atoms with E-state index in [0.29, 0.717) is 18.7 Å². The summed E-state index contributed by atoms with van der Waals surface area (Å²) in [5, 5.41) is 3.11. The maximum Gasteiger partial charge on any atom is 0.239 e. The maximum absolute atomic E-state index is 12.3. The number of ether oxygens (including phenoxy) is 1. The van der Waals surface area contributed by atoms with Gasteiger partial charge in [0.2, 0.25) is 5.91 Å². The first kappa shape index (κ1) is 13.3. The summed E-state index contributed by atoms with van der Waals surface area (Å²) in [5.74, 6) is 0.139. The Morgan fingerprint density at radius 1 is 1.21 bits per heavy atom. The number of rotatable bonds is 3. The lowest BCUT2D eigenvalue weighted by Crippen LogP contribution is -2.61. The van der Waals surface area contributed by atoms with Crippen molar-refractivity contribution in [3.05, 3.63) is 0 Å². The number of morpholine rings is 1. The third-order valence-corrected chi connectivity index (χ3v) is 4.60. The standard InChI is InChI=1S/C14H25N3O2/c15-11-3-1-2-4-12(11)17-7-8-19-9-13(17)14(18)16-10-5-6-10/h10-13H,1-9,15H2,(H,16,18). The van der Waals surface area contributed by atoms with E-state index >= 15 is 0 Å². The molecular weight excluding hydrogens is 242 g/mol. The Bertz CT molecular complexity index is 333. The summed E-state index contributed by atoms with van der Waals surface area (Å²) in [6, 6.07) is 0.843. The van der Waals surface area contributed by atoms with Gasteiger partial charge in [0.15, 0.2) is 0 Å². The fourth-order valence-corrected chi connectivity index (χ4v) is 3.32. The molecule has 1 saturated heterocycles. The Kier molecular flexibility index (Phi) is 4.05. The molecule has 2 aliphatic carbocycles. The largest absolute Gasteiger partial charge is 0.378 e. The van der Waals surface area contributed by atoms with Gasteiger partial charge in [0.1, 0.15) is 6.04 Å². The highest BCUT2D eigenvalue weighted by atomic mass is 16.5. The average molecular weight is 267 g/mol. The monoisotopic (exact) mass is 267 g/mol. The Labute approximate surface area is 114 Å². The number of carbonyl (C=O) groups excluding carboxylic acids is 1. The molecule has 0 bridgehead atoms. The van der Waals surface area contributed by atoms with E-state index in [0.717, 1.165) is 38.8 Å². The van der Waals surface area contributed by atoms with Gasteiger partial charge in [0, 0.05) is 24.7 Å². The lowest BCUT2D eigenvalue weighted by Gasteiger charge is -2.44. The zero-order chi connectivity index (χ0) is 13.2. The van der Waals surface area contributed by atoms with E-state index in [1.165, 1.54) is 12.8 Å². The molecule has 5 nitrogen and oxygen atoms in total. The molecule has 1 aliphatic heterocycles. The Morgan fingerprint density at radius 2 is 2.00 bits per heavy atom. The molecule has 3 rings (SSSR count). The van der Waals surface area contributed by atoms with Crippen LogP contribution in [-0.4, -0.2) is 54.7 Å². The van der Waals surface area contributed by atoms with E-state index < -0.39 is 0 Å². The molecule has 0 aromatic rings. The Morgan fingerprint density at radius 3 is 2.74 bits per heavy atom. The molecule has 0 radical (unpaired) electrons. The van der Waals surface area contributed by atoms with E-state index in [1.54, 1.807) is 0 Å². The number of nitrogens with two attached hydrogens (primary N) is 1. The number of hydrogen-bond acceptors (Lipinski definition) is 4. The van der Waals surface area contributed by atoms with Crippen molar-refractivity contribution in [2.45, 2.75) is 62.7 Å². The summed E-state index contributed by atoms with van der Waals surface area (Å²) >= 11 is 0. The number of nitrogens with zero attached hydrogens (tertiary/aromatic N) is 1. The van der Waals surface area contributed by atoms with Crippen LogP contribution >= 0.6 is 0 Å². The van der Waals surface area contributed by atoms with Crippen molar-refractivity contribution in [2.24, 2.45) is 5.73 Å². The minimum Gasteiger partial charge on any atom is -0.378 e. The topological polar surface area (TPSA) is 67.6 Å². The van der Waals surface area contributed by atoms with Gasteiger partial charge in [-0.1, -0.05) is 12.8 Å². The van der Waals surface area contributed by atoms with Gasteiger partial charge >= 0.3 is 0 Å². The number of carbonyl (C=O) groups is 1. The molecule has 3 N–H and O–H groups in total. The summed E-state index contributed by atoms with van der Waals surface area (Å²) in [7, 11) is 0. The number of nitrogens with one attached hydrogen (secondary N) is 1. The van der Waals surface area contributed by atoms with Crippen LogP contribution in [0, 0.1) is 0 Å². The molecule has 1 amide bonds. The second-order valence-electron chi connectivity index (χ2n) is 6.13. The first-order valence-corrected chi connectivity index (χ1v) is 7.65. The van der Waals surface area contributed by atoms with Gasteiger partial charge in [0.05, 0.1) is 13.2 Å². The van der Waals surface area contributed by atoms with Crippen LogP contribution in [0.4, 0.5) is 0 Å². The van der Waals surface area contributed by atoms with Crippen LogP contribution in [0.5, 0.6) is 0 Å². The quantitative estimate of drug-likeness (QED) is 0.768. The van der Waals surface area contributed by atoms with Gasteiger partial charge in [-0.2, -0.15) is 0 Å². The first-order valence-electron chi connectivity index (χ1n) is 7.65. The molecule has 3 unspecified atom stereocenters.